The lowest BCUT2D eigenvalue weighted by atomic mass is 10.1. The number of rotatable bonds is 7. The number of halogens is 1. The Labute approximate surface area is 169 Å². The Morgan fingerprint density at radius 2 is 1.74 bits per heavy atom. The van der Waals surface area contributed by atoms with Crippen LogP contribution >= 0.6 is 22.9 Å². The van der Waals surface area contributed by atoms with Crippen LogP contribution in [0.4, 0.5) is 0 Å². The monoisotopic (exact) mass is 403 g/mol. The number of hydrogen-bond donors (Lipinski definition) is 1. The third-order valence-electron chi connectivity index (χ3n) is 4.67. The van der Waals surface area contributed by atoms with E-state index in [9.17, 15) is 0 Å². The van der Waals surface area contributed by atoms with Crippen molar-refractivity contribution in [2.24, 2.45) is 5.73 Å². The summed E-state index contributed by atoms with van der Waals surface area (Å²) >= 11 is 7.86. The van der Waals surface area contributed by atoms with Crippen LogP contribution in [0.1, 0.15) is 46.7 Å². The third kappa shape index (κ3) is 4.42. The minimum atomic E-state index is 0.632. The maximum atomic E-state index is 6.28. The van der Waals surface area contributed by atoms with E-state index in [2.05, 4.69) is 11.9 Å². The van der Waals surface area contributed by atoms with E-state index in [4.69, 9.17) is 27.1 Å². The van der Waals surface area contributed by atoms with Gasteiger partial charge in [-0.3, -0.25) is 0 Å². The summed E-state index contributed by atoms with van der Waals surface area (Å²) in [5.41, 5.74) is 9.95. The number of fused-ring (bicyclic) bond motifs is 1. The van der Waals surface area contributed by atoms with Gasteiger partial charge in [0.1, 0.15) is 16.3 Å². The molecule has 0 fully saturated rings. The van der Waals surface area contributed by atoms with Crippen molar-refractivity contribution in [1.29, 1.82) is 0 Å². The molecule has 2 heterocycles. The van der Waals surface area contributed by atoms with Gasteiger partial charge in [0.05, 0.1) is 5.52 Å². The van der Waals surface area contributed by atoms with Crippen LogP contribution in [-0.2, 0) is 6.42 Å². The first-order chi connectivity index (χ1) is 12.9. The molecule has 0 aliphatic carbocycles. The molecule has 27 heavy (non-hydrogen) atoms. The summed E-state index contributed by atoms with van der Waals surface area (Å²) in [4.78, 5) is 10.6. The van der Waals surface area contributed by atoms with Crippen LogP contribution in [0.15, 0.2) is 12.1 Å². The molecule has 3 rings (SSSR count). The first-order valence-electron chi connectivity index (χ1n) is 9.32. The number of ether oxygens (including phenoxy) is 1. The van der Waals surface area contributed by atoms with E-state index in [0.29, 0.717) is 10.9 Å². The van der Waals surface area contributed by atoms with Crippen LogP contribution in [0.2, 0.25) is 5.02 Å². The number of aryl methyl sites for hydroxylation is 5. The van der Waals surface area contributed by atoms with E-state index >= 15 is 0 Å². The van der Waals surface area contributed by atoms with Gasteiger partial charge in [-0.2, -0.15) is 4.98 Å². The summed E-state index contributed by atoms with van der Waals surface area (Å²) in [6, 6.07) is 3.83. The smallest absolute Gasteiger partial charge is 0.240 e. The Morgan fingerprint density at radius 1 is 1.04 bits per heavy atom. The lowest BCUT2D eigenvalue weighted by Crippen LogP contribution is -1.99. The summed E-state index contributed by atoms with van der Waals surface area (Å²) in [6.45, 7) is 8.83. The van der Waals surface area contributed by atoms with Crippen molar-refractivity contribution in [2.75, 3.05) is 6.54 Å². The minimum absolute atomic E-state index is 0.632. The molecule has 0 aliphatic rings. The lowest BCUT2D eigenvalue weighted by molar-refractivity contribution is 0.460. The first-order valence-corrected chi connectivity index (χ1v) is 10.5. The third-order valence-corrected chi connectivity index (χ3v) is 6.01. The second-order valence-electron chi connectivity index (χ2n) is 6.96. The minimum Gasteiger partial charge on any atom is -0.437 e. The standard InChI is InChI=1S/C21H26ClN3OS/c1-12-10-16(22)11-13(2)19(12)26-21-20-18(24-15(4)25-21)17(14(3)27-20)8-6-5-7-9-23/h10-11H,5-9,23H2,1-4H3. The molecule has 0 unspecified atom stereocenters. The molecule has 0 atom stereocenters. The zero-order valence-corrected chi connectivity index (χ0v) is 17.9. The Morgan fingerprint density at radius 3 is 2.41 bits per heavy atom. The molecule has 0 amide bonds. The number of nitrogens with zero attached hydrogens (tertiary/aromatic N) is 2. The SMILES string of the molecule is Cc1nc(Oc2c(C)cc(Cl)cc2C)c2sc(C)c(CCCCCN)c2n1. The fourth-order valence-electron chi connectivity index (χ4n) is 3.36. The number of aromatic nitrogens is 2. The lowest BCUT2D eigenvalue weighted by Gasteiger charge is -2.12. The van der Waals surface area contributed by atoms with Crippen LogP contribution < -0.4 is 10.5 Å². The quantitative estimate of drug-likeness (QED) is 0.488. The summed E-state index contributed by atoms with van der Waals surface area (Å²) < 4.78 is 7.30. The molecule has 0 spiro atoms. The van der Waals surface area contributed by atoms with Crippen molar-refractivity contribution in [3.05, 3.63) is 44.5 Å². The number of nitrogens with two attached hydrogens (primary N) is 1. The summed E-state index contributed by atoms with van der Waals surface area (Å²) in [6.07, 6.45) is 4.35. The second-order valence-corrected chi connectivity index (χ2v) is 8.62. The molecule has 0 radical (unpaired) electrons. The highest BCUT2D eigenvalue weighted by molar-refractivity contribution is 7.19. The summed E-state index contributed by atoms with van der Waals surface area (Å²) in [7, 11) is 0. The van der Waals surface area contributed by atoms with Gasteiger partial charge in [0.2, 0.25) is 5.88 Å². The second kappa shape index (κ2) is 8.55. The van der Waals surface area contributed by atoms with Crippen LogP contribution in [0.25, 0.3) is 10.2 Å². The largest absolute Gasteiger partial charge is 0.437 e. The average Bonchev–Trinajstić information content (AvgIpc) is 2.90. The van der Waals surface area contributed by atoms with Gasteiger partial charge in [0.25, 0.3) is 0 Å². The molecule has 1 aromatic carbocycles. The molecule has 0 aliphatic heterocycles. The maximum Gasteiger partial charge on any atom is 0.240 e. The molecule has 0 saturated heterocycles. The van der Waals surface area contributed by atoms with Gasteiger partial charge < -0.3 is 10.5 Å². The van der Waals surface area contributed by atoms with Gasteiger partial charge in [0.15, 0.2) is 0 Å². The van der Waals surface area contributed by atoms with Crippen molar-refractivity contribution in [2.45, 2.75) is 53.4 Å². The molecule has 0 saturated carbocycles. The predicted octanol–water partition coefficient (Wildman–Crippen LogP) is 6.04. The Balaban J connectivity index is 2.00. The highest BCUT2D eigenvalue weighted by Gasteiger charge is 2.18. The summed E-state index contributed by atoms with van der Waals surface area (Å²) in [5, 5.41) is 0.716. The number of unbranched alkanes of at least 4 members (excludes halogenated alkanes) is 2. The summed E-state index contributed by atoms with van der Waals surface area (Å²) in [5.74, 6) is 2.17. The highest BCUT2D eigenvalue weighted by atomic mass is 35.5. The van der Waals surface area contributed by atoms with Gasteiger partial charge >= 0.3 is 0 Å². The van der Waals surface area contributed by atoms with Crippen LogP contribution in [-0.4, -0.2) is 16.5 Å². The van der Waals surface area contributed by atoms with Gasteiger partial charge in [0, 0.05) is 9.90 Å². The van der Waals surface area contributed by atoms with E-state index in [0.717, 1.165) is 65.1 Å². The van der Waals surface area contributed by atoms with Gasteiger partial charge in [-0.1, -0.05) is 18.0 Å². The van der Waals surface area contributed by atoms with Crippen LogP contribution in [0, 0.1) is 27.7 Å². The van der Waals surface area contributed by atoms with Crippen LogP contribution in [0.5, 0.6) is 11.6 Å². The molecule has 2 N–H and O–H groups in total. The number of benzene rings is 1. The van der Waals surface area contributed by atoms with E-state index in [1.807, 2.05) is 32.9 Å². The molecule has 4 nitrogen and oxygen atoms in total. The fourth-order valence-corrected chi connectivity index (χ4v) is 4.75. The van der Waals surface area contributed by atoms with Crippen molar-refractivity contribution < 1.29 is 4.74 Å². The fraction of sp³-hybridized carbons (Fsp3) is 0.429. The zero-order chi connectivity index (χ0) is 19.6. The Hall–Kier alpha value is -1.69. The molecule has 2 aromatic heterocycles. The van der Waals surface area contributed by atoms with Gasteiger partial charge in [-0.15, -0.1) is 11.3 Å². The molecular formula is C21H26ClN3OS. The van der Waals surface area contributed by atoms with Crippen LogP contribution in [0.3, 0.4) is 0 Å². The molecule has 3 aromatic rings. The number of thiophene rings is 1. The first kappa shape index (κ1) is 20.1. The number of hydrogen-bond acceptors (Lipinski definition) is 5. The van der Waals surface area contributed by atoms with Crippen molar-refractivity contribution in [3.63, 3.8) is 0 Å². The Bertz CT molecular complexity index is 945. The van der Waals surface area contributed by atoms with Crippen molar-refractivity contribution in [3.8, 4) is 11.6 Å². The average molecular weight is 404 g/mol. The van der Waals surface area contributed by atoms with E-state index < -0.39 is 0 Å². The Kier molecular flexibility index (Phi) is 6.35. The zero-order valence-electron chi connectivity index (χ0n) is 16.4. The molecule has 144 valence electrons. The predicted molar refractivity (Wildman–Crippen MR) is 114 cm³/mol. The van der Waals surface area contributed by atoms with Crippen molar-refractivity contribution >= 4 is 33.2 Å². The van der Waals surface area contributed by atoms with E-state index in [-0.39, 0.29) is 0 Å². The topological polar surface area (TPSA) is 61.0 Å². The molecule has 0 bridgehead atoms. The van der Waals surface area contributed by atoms with E-state index in [1.165, 1.54) is 10.4 Å². The maximum absolute atomic E-state index is 6.28. The normalized spacial score (nSPS) is 11.3. The molecular weight excluding hydrogens is 378 g/mol. The highest BCUT2D eigenvalue weighted by Crippen LogP contribution is 2.39. The molecule has 6 heteroatoms. The van der Waals surface area contributed by atoms with Gasteiger partial charge in [-0.25, -0.2) is 4.98 Å². The van der Waals surface area contributed by atoms with E-state index in [1.54, 1.807) is 11.3 Å². The van der Waals surface area contributed by atoms with Gasteiger partial charge in [-0.05, 0) is 82.3 Å². The van der Waals surface area contributed by atoms with Crippen molar-refractivity contribution in [1.82, 2.24) is 9.97 Å².